The molecule has 1 aliphatic rings. The van der Waals surface area contributed by atoms with Gasteiger partial charge < -0.3 is 15.4 Å². The first kappa shape index (κ1) is 20.7. The van der Waals surface area contributed by atoms with Crippen molar-refractivity contribution in [1.82, 2.24) is 10.6 Å². The largest absolute Gasteiger partial charge is 0.384 e. The standard InChI is InChI=1S/C15H18F4N2O2.ClH/c1-23-8-15(2-4-20-5-3-15)7-21-14(22)11-12(18)9(16)6-10(17)13(11)19;/h6,20H,2-5,7-8H2,1H3,(H,21,22);1H. The zero-order valence-corrected chi connectivity index (χ0v) is 13.9. The number of nitrogens with one attached hydrogen (secondary N) is 2. The van der Waals surface area contributed by atoms with Crippen LogP contribution in [-0.2, 0) is 4.74 Å². The van der Waals surface area contributed by atoms with E-state index in [2.05, 4.69) is 10.6 Å². The Bertz CT molecular complexity index is 564. The van der Waals surface area contributed by atoms with Gasteiger partial charge in [0.25, 0.3) is 5.91 Å². The molecule has 24 heavy (non-hydrogen) atoms. The minimum absolute atomic E-state index is 0. The third-order valence-electron chi connectivity index (χ3n) is 4.08. The number of hydrogen-bond donors (Lipinski definition) is 2. The Hall–Kier alpha value is -1.38. The molecule has 1 heterocycles. The van der Waals surface area contributed by atoms with Crippen LogP contribution >= 0.6 is 12.4 Å². The van der Waals surface area contributed by atoms with Crippen molar-refractivity contribution in [3.8, 4) is 0 Å². The number of ether oxygens (including phenoxy) is 1. The van der Waals surface area contributed by atoms with E-state index in [-0.39, 0.29) is 30.4 Å². The molecule has 1 fully saturated rings. The number of carbonyl (C=O) groups is 1. The number of benzene rings is 1. The first-order valence-electron chi connectivity index (χ1n) is 7.21. The second kappa shape index (κ2) is 8.64. The maximum atomic E-state index is 13.6. The van der Waals surface area contributed by atoms with Gasteiger partial charge in [0.2, 0.25) is 0 Å². The van der Waals surface area contributed by atoms with Crippen LogP contribution in [0.3, 0.4) is 0 Å². The van der Waals surface area contributed by atoms with Gasteiger partial charge in [-0.15, -0.1) is 12.4 Å². The summed E-state index contributed by atoms with van der Waals surface area (Å²) in [7, 11) is 1.52. The molecular formula is C15H19ClF4N2O2. The highest BCUT2D eigenvalue weighted by atomic mass is 35.5. The Labute approximate surface area is 143 Å². The summed E-state index contributed by atoms with van der Waals surface area (Å²) in [5.41, 5.74) is -1.63. The maximum absolute atomic E-state index is 13.6. The van der Waals surface area contributed by atoms with Crippen molar-refractivity contribution < 1.29 is 27.1 Å². The average molecular weight is 371 g/mol. The molecule has 136 valence electrons. The van der Waals surface area contributed by atoms with E-state index in [0.29, 0.717) is 19.4 Å². The summed E-state index contributed by atoms with van der Waals surface area (Å²) in [4.78, 5) is 12.0. The van der Waals surface area contributed by atoms with Crippen molar-refractivity contribution in [2.75, 3.05) is 33.4 Å². The lowest BCUT2D eigenvalue weighted by atomic mass is 9.79. The Morgan fingerprint density at radius 1 is 1.21 bits per heavy atom. The summed E-state index contributed by atoms with van der Waals surface area (Å²) in [5, 5.41) is 5.53. The summed E-state index contributed by atoms with van der Waals surface area (Å²) in [6.07, 6.45) is 1.40. The summed E-state index contributed by atoms with van der Waals surface area (Å²) in [5.74, 6) is -7.81. The molecule has 2 rings (SSSR count). The van der Waals surface area contributed by atoms with Crippen molar-refractivity contribution in [3.63, 3.8) is 0 Å². The minimum Gasteiger partial charge on any atom is -0.384 e. The normalized spacial score (nSPS) is 16.4. The SMILES string of the molecule is COCC1(CNC(=O)c2c(F)c(F)cc(F)c2F)CCNCC1.Cl. The van der Waals surface area contributed by atoms with Crippen LogP contribution in [0, 0.1) is 28.7 Å². The van der Waals surface area contributed by atoms with Gasteiger partial charge >= 0.3 is 0 Å². The molecular weight excluding hydrogens is 352 g/mol. The molecule has 0 unspecified atom stereocenters. The molecule has 0 saturated carbocycles. The highest BCUT2D eigenvalue weighted by molar-refractivity contribution is 5.94. The number of amides is 1. The van der Waals surface area contributed by atoms with Gasteiger partial charge in [0.05, 0.1) is 6.61 Å². The van der Waals surface area contributed by atoms with Gasteiger partial charge in [-0.25, -0.2) is 17.6 Å². The Morgan fingerprint density at radius 3 is 2.25 bits per heavy atom. The van der Waals surface area contributed by atoms with Crippen molar-refractivity contribution in [2.24, 2.45) is 5.41 Å². The molecule has 0 atom stereocenters. The summed E-state index contributed by atoms with van der Waals surface area (Å²) in [6.45, 7) is 1.89. The van der Waals surface area contributed by atoms with Gasteiger partial charge in [-0.05, 0) is 25.9 Å². The van der Waals surface area contributed by atoms with Gasteiger partial charge in [-0.1, -0.05) is 0 Å². The van der Waals surface area contributed by atoms with Crippen LogP contribution in [-0.4, -0.2) is 39.3 Å². The maximum Gasteiger partial charge on any atom is 0.257 e. The lowest BCUT2D eigenvalue weighted by Gasteiger charge is -2.37. The number of carbonyl (C=O) groups excluding carboxylic acids is 1. The third-order valence-corrected chi connectivity index (χ3v) is 4.08. The van der Waals surface area contributed by atoms with E-state index >= 15 is 0 Å². The fourth-order valence-corrected chi connectivity index (χ4v) is 2.76. The van der Waals surface area contributed by atoms with E-state index in [4.69, 9.17) is 4.74 Å². The second-order valence-corrected chi connectivity index (χ2v) is 5.71. The van der Waals surface area contributed by atoms with Crippen molar-refractivity contribution in [1.29, 1.82) is 0 Å². The van der Waals surface area contributed by atoms with Crippen molar-refractivity contribution >= 4 is 18.3 Å². The topological polar surface area (TPSA) is 50.4 Å². The lowest BCUT2D eigenvalue weighted by molar-refractivity contribution is 0.0509. The molecule has 1 aromatic rings. The molecule has 2 N–H and O–H groups in total. The molecule has 1 saturated heterocycles. The number of halogens is 5. The van der Waals surface area contributed by atoms with Crippen LogP contribution in [0.5, 0.6) is 0 Å². The van der Waals surface area contributed by atoms with Gasteiger partial charge in [-0.3, -0.25) is 4.79 Å². The van der Waals surface area contributed by atoms with Crippen LogP contribution in [0.1, 0.15) is 23.2 Å². The van der Waals surface area contributed by atoms with Gasteiger partial charge in [-0.2, -0.15) is 0 Å². The number of piperidine rings is 1. The molecule has 1 aromatic carbocycles. The van der Waals surface area contributed by atoms with Crippen LogP contribution in [0.2, 0.25) is 0 Å². The highest BCUT2D eigenvalue weighted by Crippen LogP contribution is 2.28. The predicted octanol–water partition coefficient (Wildman–Crippen LogP) is 2.41. The molecule has 0 bridgehead atoms. The zero-order valence-electron chi connectivity index (χ0n) is 13.1. The van der Waals surface area contributed by atoms with Crippen LogP contribution in [0.15, 0.2) is 6.07 Å². The first-order chi connectivity index (χ1) is 10.9. The number of methoxy groups -OCH3 is 1. The molecule has 0 aromatic heterocycles. The van der Waals surface area contributed by atoms with Gasteiger partial charge in [0.15, 0.2) is 23.3 Å². The van der Waals surface area contributed by atoms with E-state index < -0.39 is 34.7 Å². The predicted molar refractivity (Wildman–Crippen MR) is 82.3 cm³/mol. The fourth-order valence-electron chi connectivity index (χ4n) is 2.76. The van der Waals surface area contributed by atoms with Crippen molar-refractivity contribution in [2.45, 2.75) is 12.8 Å². The molecule has 4 nitrogen and oxygen atoms in total. The van der Waals surface area contributed by atoms with Crippen LogP contribution in [0.4, 0.5) is 17.6 Å². The molecule has 0 radical (unpaired) electrons. The van der Waals surface area contributed by atoms with Gasteiger partial charge in [0.1, 0.15) is 5.56 Å². The number of rotatable bonds is 5. The van der Waals surface area contributed by atoms with Crippen LogP contribution < -0.4 is 10.6 Å². The quantitative estimate of drug-likeness (QED) is 0.618. The highest BCUT2D eigenvalue weighted by Gasteiger charge is 2.33. The Morgan fingerprint density at radius 2 is 1.75 bits per heavy atom. The van der Waals surface area contributed by atoms with Gasteiger partial charge in [0, 0.05) is 25.1 Å². The van der Waals surface area contributed by atoms with E-state index in [9.17, 15) is 22.4 Å². The zero-order chi connectivity index (χ0) is 17.0. The molecule has 1 aliphatic heterocycles. The first-order valence-corrected chi connectivity index (χ1v) is 7.21. The second-order valence-electron chi connectivity index (χ2n) is 5.71. The number of hydrogen-bond acceptors (Lipinski definition) is 3. The van der Waals surface area contributed by atoms with E-state index in [1.165, 1.54) is 7.11 Å². The van der Waals surface area contributed by atoms with E-state index in [0.717, 1.165) is 13.1 Å². The van der Waals surface area contributed by atoms with Crippen LogP contribution in [0.25, 0.3) is 0 Å². The summed E-state index contributed by atoms with van der Waals surface area (Å²) in [6, 6.07) is 0.0701. The van der Waals surface area contributed by atoms with Crippen molar-refractivity contribution in [3.05, 3.63) is 34.9 Å². The summed E-state index contributed by atoms with van der Waals surface area (Å²) >= 11 is 0. The monoisotopic (exact) mass is 370 g/mol. The third kappa shape index (κ3) is 4.37. The Balaban J connectivity index is 0.00000288. The van der Waals surface area contributed by atoms with E-state index in [1.54, 1.807) is 0 Å². The fraction of sp³-hybridized carbons (Fsp3) is 0.533. The molecule has 0 spiro atoms. The smallest absolute Gasteiger partial charge is 0.257 e. The minimum atomic E-state index is -1.70. The average Bonchev–Trinajstić information content (AvgIpc) is 2.53. The molecule has 9 heteroatoms. The van der Waals surface area contributed by atoms with E-state index in [1.807, 2.05) is 0 Å². The molecule has 1 amide bonds. The molecule has 0 aliphatic carbocycles. The lowest BCUT2D eigenvalue weighted by Crippen LogP contribution is -2.47. The Kier molecular flexibility index (Phi) is 7.44. The summed E-state index contributed by atoms with van der Waals surface area (Å²) < 4.78 is 58.8.